The Hall–Kier alpha value is -0.0800. The predicted molar refractivity (Wildman–Crippen MR) is 65.0 cm³/mol. The van der Waals surface area contributed by atoms with E-state index in [0.717, 1.165) is 6.54 Å². The molecule has 1 rings (SSSR count). The van der Waals surface area contributed by atoms with E-state index < -0.39 is 0 Å². The van der Waals surface area contributed by atoms with Gasteiger partial charge in [-0.25, -0.2) is 0 Å². The number of hydrogen-bond donors (Lipinski definition) is 1. The number of rotatable bonds is 4. The summed E-state index contributed by atoms with van der Waals surface area (Å²) in [7, 11) is 2.17. The lowest BCUT2D eigenvalue weighted by Crippen LogP contribution is -2.39. The SMILES string of the molecule is CC(C)C(O)CN(C)C1CCCCCC1. The van der Waals surface area contributed by atoms with E-state index in [-0.39, 0.29) is 6.10 Å². The van der Waals surface area contributed by atoms with Gasteiger partial charge in [0.05, 0.1) is 6.10 Å². The Morgan fingerprint density at radius 1 is 1.13 bits per heavy atom. The maximum Gasteiger partial charge on any atom is 0.0689 e. The summed E-state index contributed by atoms with van der Waals surface area (Å²) < 4.78 is 0. The van der Waals surface area contributed by atoms with E-state index >= 15 is 0 Å². The summed E-state index contributed by atoms with van der Waals surface area (Å²) in [5.41, 5.74) is 0. The molecular weight excluding hydrogens is 186 g/mol. The molecule has 1 fully saturated rings. The molecule has 0 saturated heterocycles. The van der Waals surface area contributed by atoms with E-state index in [2.05, 4.69) is 25.8 Å². The summed E-state index contributed by atoms with van der Waals surface area (Å²) in [5.74, 6) is 0.373. The van der Waals surface area contributed by atoms with Gasteiger partial charge in [-0.15, -0.1) is 0 Å². The van der Waals surface area contributed by atoms with E-state index in [1.165, 1.54) is 38.5 Å². The third-order valence-electron chi connectivity index (χ3n) is 3.69. The van der Waals surface area contributed by atoms with Gasteiger partial charge in [-0.2, -0.15) is 0 Å². The summed E-state index contributed by atoms with van der Waals surface area (Å²) in [6, 6.07) is 0.709. The number of hydrogen-bond acceptors (Lipinski definition) is 2. The molecule has 0 bridgehead atoms. The quantitative estimate of drug-likeness (QED) is 0.726. The fourth-order valence-corrected chi connectivity index (χ4v) is 2.35. The Morgan fingerprint density at radius 2 is 1.67 bits per heavy atom. The molecule has 0 aliphatic heterocycles. The predicted octanol–water partition coefficient (Wildman–Crippen LogP) is 2.66. The maximum atomic E-state index is 9.86. The van der Waals surface area contributed by atoms with E-state index in [1.54, 1.807) is 0 Å². The molecule has 1 atom stereocenters. The van der Waals surface area contributed by atoms with Crippen LogP contribution >= 0.6 is 0 Å². The van der Waals surface area contributed by atoms with Gasteiger partial charge in [0.2, 0.25) is 0 Å². The van der Waals surface area contributed by atoms with Crippen molar-refractivity contribution in [3.63, 3.8) is 0 Å². The van der Waals surface area contributed by atoms with E-state index in [9.17, 15) is 5.11 Å². The zero-order valence-corrected chi connectivity index (χ0v) is 10.6. The molecule has 0 amide bonds. The average molecular weight is 213 g/mol. The molecule has 2 heteroatoms. The molecule has 1 aliphatic carbocycles. The summed E-state index contributed by atoms with van der Waals surface area (Å²) >= 11 is 0. The first kappa shape index (κ1) is 13.0. The third-order valence-corrected chi connectivity index (χ3v) is 3.69. The fraction of sp³-hybridized carbons (Fsp3) is 1.00. The normalized spacial score (nSPS) is 22.0. The third kappa shape index (κ3) is 4.52. The second-order valence-electron chi connectivity index (χ2n) is 5.40. The Balaban J connectivity index is 2.33. The summed E-state index contributed by atoms with van der Waals surface area (Å²) in [4.78, 5) is 2.37. The first-order valence-electron chi connectivity index (χ1n) is 6.49. The van der Waals surface area contributed by atoms with Crippen molar-refractivity contribution in [1.82, 2.24) is 4.90 Å². The first-order chi connectivity index (χ1) is 7.11. The van der Waals surface area contributed by atoms with Crippen molar-refractivity contribution in [3.8, 4) is 0 Å². The number of aliphatic hydroxyl groups excluding tert-OH is 1. The van der Waals surface area contributed by atoms with Gasteiger partial charge in [0.15, 0.2) is 0 Å². The van der Waals surface area contributed by atoms with Crippen LogP contribution in [-0.4, -0.2) is 35.7 Å². The van der Waals surface area contributed by atoms with E-state index in [0.29, 0.717) is 12.0 Å². The van der Waals surface area contributed by atoms with E-state index in [1.807, 2.05) is 0 Å². The molecule has 0 aromatic heterocycles. The van der Waals surface area contributed by atoms with Gasteiger partial charge in [0.1, 0.15) is 0 Å². The highest BCUT2D eigenvalue weighted by Gasteiger charge is 2.20. The van der Waals surface area contributed by atoms with Gasteiger partial charge >= 0.3 is 0 Å². The molecule has 0 aromatic rings. The van der Waals surface area contributed by atoms with Gasteiger partial charge in [0.25, 0.3) is 0 Å². The lowest BCUT2D eigenvalue weighted by Gasteiger charge is -2.30. The minimum Gasteiger partial charge on any atom is -0.392 e. The lowest BCUT2D eigenvalue weighted by molar-refractivity contribution is 0.0667. The van der Waals surface area contributed by atoms with Gasteiger partial charge in [-0.05, 0) is 25.8 Å². The molecule has 1 saturated carbocycles. The van der Waals surface area contributed by atoms with Crippen molar-refractivity contribution >= 4 is 0 Å². The van der Waals surface area contributed by atoms with Crippen LogP contribution in [0.2, 0.25) is 0 Å². The van der Waals surface area contributed by atoms with Gasteiger partial charge in [-0.1, -0.05) is 39.5 Å². The van der Waals surface area contributed by atoms with Crippen molar-refractivity contribution < 1.29 is 5.11 Å². The van der Waals surface area contributed by atoms with Gasteiger partial charge < -0.3 is 10.0 Å². The van der Waals surface area contributed by atoms with Crippen LogP contribution in [-0.2, 0) is 0 Å². The molecule has 1 N–H and O–H groups in total. The standard InChI is InChI=1S/C13H27NO/c1-11(2)13(15)10-14(3)12-8-6-4-5-7-9-12/h11-13,15H,4-10H2,1-3H3. The van der Waals surface area contributed by atoms with Gasteiger partial charge in [-0.3, -0.25) is 0 Å². The van der Waals surface area contributed by atoms with Gasteiger partial charge in [0, 0.05) is 12.6 Å². The average Bonchev–Trinajstić information content (AvgIpc) is 2.45. The molecule has 0 aromatic carbocycles. The second kappa shape index (κ2) is 6.49. The topological polar surface area (TPSA) is 23.5 Å². The second-order valence-corrected chi connectivity index (χ2v) is 5.40. The van der Waals surface area contributed by atoms with Crippen LogP contribution < -0.4 is 0 Å². The van der Waals surface area contributed by atoms with Crippen molar-refractivity contribution in [1.29, 1.82) is 0 Å². The number of nitrogens with zero attached hydrogens (tertiary/aromatic N) is 1. The molecule has 2 nitrogen and oxygen atoms in total. The van der Waals surface area contributed by atoms with Crippen LogP contribution in [0.25, 0.3) is 0 Å². The lowest BCUT2D eigenvalue weighted by atomic mass is 10.0. The zero-order chi connectivity index (χ0) is 11.3. The van der Waals surface area contributed by atoms with Crippen molar-refractivity contribution in [2.45, 2.75) is 64.5 Å². The van der Waals surface area contributed by atoms with Crippen molar-refractivity contribution in [3.05, 3.63) is 0 Å². The highest BCUT2D eigenvalue weighted by molar-refractivity contribution is 4.75. The Bertz CT molecular complexity index is 162. The Labute approximate surface area is 94.7 Å². The zero-order valence-electron chi connectivity index (χ0n) is 10.6. The monoisotopic (exact) mass is 213 g/mol. The van der Waals surface area contributed by atoms with Crippen molar-refractivity contribution in [2.75, 3.05) is 13.6 Å². The van der Waals surface area contributed by atoms with Crippen molar-refractivity contribution in [2.24, 2.45) is 5.92 Å². The fourth-order valence-electron chi connectivity index (χ4n) is 2.35. The summed E-state index contributed by atoms with van der Waals surface area (Å²) in [6.07, 6.45) is 8.01. The molecule has 1 unspecified atom stereocenters. The minimum atomic E-state index is -0.168. The molecule has 1 aliphatic rings. The van der Waals surface area contributed by atoms with Crippen LogP contribution in [0.1, 0.15) is 52.4 Å². The molecule has 0 spiro atoms. The molecule has 0 heterocycles. The van der Waals surface area contributed by atoms with Crippen LogP contribution in [0.15, 0.2) is 0 Å². The van der Waals surface area contributed by atoms with Crippen LogP contribution in [0, 0.1) is 5.92 Å². The smallest absolute Gasteiger partial charge is 0.0689 e. The van der Waals surface area contributed by atoms with Crippen LogP contribution in [0.4, 0.5) is 0 Å². The summed E-state index contributed by atoms with van der Waals surface area (Å²) in [6.45, 7) is 5.01. The molecule has 90 valence electrons. The number of likely N-dealkylation sites (N-methyl/N-ethyl adjacent to an activating group) is 1. The summed E-state index contributed by atoms with van der Waals surface area (Å²) in [5, 5.41) is 9.86. The number of aliphatic hydroxyl groups is 1. The molecular formula is C13H27NO. The van der Waals surface area contributed by atoms with Crippen LogP contribution in [0.3, 0.4) is 0 Å². The van der Waals surface area contributed by atoms with E-state index in [4.69, 9.17) is 0 Å². The van der Waals surface area contributed by atoms with Crippen LogP contribution in [0.5, 0.6) is 0 Å². The maximum absolute atomic E-state index is 9.86. The Morgan fingerprint density at radius 3 is 2.13 bits per heavy atom. The Kier molecular flexibility index (Phi) is 5.62. The highest BCUT2D eigenvalue weighted by atomic mass is 16.3. The largest absolute Gasteiger partial charge is 0.392 e. The first-order valence-corrected chi connectivity index (χ1v) is 6.49. The highest BCUT2D eigenvalue weighted by Crippen LogP contribution is 2.21. The minimum absolute atomic E-state index is 0.168. The molecule has 15 heavy (non-hydrogen) atoms. The molecule has 0 radical (unpaired) electrons.